The molecular weight excluding hydrogens is 698 g/mol. The van der Waals surface area contributed by atoms with E-state index in [4.69, 9.17) is 19.2 Å². The Balaban J connectivity index is 1.79. The van der Waals surface area contributed by atoms with Crippen LogP contribution in [0.3, 0.4) is 0 Å². The number of fused-ring (bicyclic) bond motifs is 1. The number of esters is 1. The summed E-state index contributed by atoms with van der Waals surface area (Å²) in [6, 6.07) is 7.28. The summed E-state index contributed by atoms with van der Waals surface area (Å²) in [5, 5.41) is 5.15. The van der Waals surface area contributed by atoms with Gasteiger partial charge in [0.1, 0.15) is 5.82 Å². The van der Waals surface area contributed by atoms with Crippen molar-refractivity contribution < 1.29 is 19.0 Å². The molecule has 0 aliphatic heterocycles. The highest BCUT2D eigenvalue weighted by atomic mass is 79.9. The zero-order chi connectivity index (χ0) is 28.1. The lowest BCUT2D eigenvalue weighted by Gasteiger charge is -2.23. The quantitative estimate of drug-likeness (QED) is 0.169. The summed E-state index contributed by atoms with van der Waals surface area (Å²) in [4.78, 5) is 30.7. The summed E-state index contributed by atoms with van der Waals surface area (Å²) < 4.78 is 20.3. The van der Waals surface area contributed by atoms with Crippen molar-refractivity contribution in [1.82, 2.24) is 9.66 Å². The minimum absolute atomic E-state index is 0.158. The van der Waals surface area contributed by atoms with Gasteiger partial charge < -0.3 is 14.2 Å². The van der Waals surface area contributed by atoms with E-state index in [0.717, 1.165) is 30.2 Å². The highest BCUT2D eigenvalue weighted by molar-refractivity contribution is 9.13. The molecule has 0 unspecified atom stereocenters. The lowest BCUT2D eigenvalue weighted by atomic mass is 9.88. The molecule has 1 fully saturated rings. The van der Waals surface area contributed by atoms with E-state index in [9.17, 15) is 9.59 Å². The van der Waals surface area contributed by atoms with Crippen molar-refractivity contribution in [3.63, 3.8) is 0 Å². The van der Waals surface area contributed by atoms with Gasteiger partial charge in [-0.15, -0.1) is 0 Å². The van der Waals surface area contributed by atoms with Crippen LogP contribution in [-0.4, -0.2) is 41.2 Å². The zero-order valence-electron chi connectivity index (χ0n) is 22.0. The molecule has 0 spiro atoms. The van der Waals surface area contributed by atoms with Gasteiger partial charge in [0.2, 0.25) is 0 Å². The van der Waals surface area contributed by atoms with Crippen LogP contribution in [0.2, 0.25) is 0 Å². The van der Waals surface area contributed by atoms with Crippen LogP contribution in [0.15, 0.2) is 47.6 Å². The minimum Gasteiger partial charge on any atom is -0.490 e. The molecule has 8 nitrogen and oxygen atoms in total. The molecule has 11 heteroatoms. The molecule has 1 aliphatic rings. The van der Waals surface area contributed by atoms with Gasteiger partial charge in [0.05, 0.1) is 34.8 Å². The van der Waals surface area contributed by atoms with Crippen LogP contribution in [0.25, 0.3) is 10.9 Å². The van der Waals surface area contributed by atoms with E-state index in [1.807, 2.05) is 19.1 Å². The van der Waals surface area contributed by atoms with Crippen molar-refractivity contribution in [3.8, 4) is 11.5 Å². The van der Waals surface area contributed by atoms with Crippen molar-refractivity contribution in [2.24, 2.45) is 5.10 Å². The first kappa shape index (κ1) is 29.7. The number of ether oxygens (including phenoxy) is 3. The highest BCUT2D eigenvalue weighted by Crippen LogP contribution is 2.43. The zero-order valence-corrected chi connectivity index (χ0v) is 26.8. The lowest BCUT2D eigenvalue weighted by Crippen LogP contribution is -2.26. The van der Waals surface area contributed by atoms with Gasteiger partial charge in [-0.25, -0.2) is 9.78 Å². The fraction of sp³-hybridized carbons (Fsp3) is 0.429. The van der Waals surface area contributed by atoms with E-state index in [1.54, 1.807) is 32.2 Å². The third-order valence-electron chi connectivity index (χ3n) is 6.48. The third kappa shape index (κ3) is 6.74. The van der Waals surface area contributed by atoms with Gasteiger partial charge in [-0.1, -0.05) is 35.2 Å². The van der Waals surface area contributed by atoms with E-state index in [0.29, 0.717) is 49.3 Å². The van der Waals surface area contributed by atoms with Crippen molar-refractivity contribution in [3.05, 3.63) is 59.4 Å². The maximum Gasteiger partial charge on any atom is 0.347 e. The largest absolute Gasteiger partial charge is 0.490 e. The molecule has 4 rings (SSSR count). The fourth-order valence-electron chi connectivity index (χ4n) is 4.58. The monoisotopic (exact) mass is 725 g/mol. The predicted molar refractivity (Wildman–Crippen MR) is 162 cm³/mol. The van der Waals surface area contributed by atoms with Crippen LogP contribution in [0.1, 0.15) is 70.2 Å². The van der Waals surface area contributed by atoms with Crippen molar-refractivity contribution in [2.75, 3.05) is 13.2 Å². The average molecular weight is 728 g/mol. The summed E-state index contributed by atoms with van der Waals surface area (Å²) in [5.41, 5.74) is 1.09. The molecule has 0 bridgehead atoms. The number of benzene rings is 2. The van der Waals surface area contributed by atoms with E-state index >= 15 is 0 Å². The maximum absolute atomic E-state index is 13.7. The van der Waals surface area contributed by atoms with E-state index < -0.39 is 12.1 Å². The van der Waals surface area contributed by atoms with Crippen LogP contribution < -0.4 is 15.0 Å². The van der Waals surface area contributed by atoms with Gasteiger partial charge >= 0.3 is 5.97 Å². The molecule has 1 aromatic heterocycles. The number of halogens is 3. The second-order valence-electron chi connectivity index (χ2n) is 9.19. The third-order valence-corrected chi connectivity index (χ3v) is 9.12. The number of rotatable bonds is 9. The van der Waals surface area contributed by atoms with E-state index in [-0.39, 0.29) is 18.1 Å². The number of aromatic nitrogens is 2. The number of carbonyl (C=O) groups excluding carboxylic acids is 1. The molecule has 39 heavy (non-hydrogen) atoms. The second-order valence-corrected chi connectivity index (χ2v) is 11.7. The molecule has 1 heterocycles. The number of hydrogen-bond donors (Lipinski definition) is 0. The topological polar surface area (TPSA) is 92.0 Å². The van der Waals surface area contributed by atoms with Crippen LogP contribution >= 0.6 is 47.8 Å². The summed E-state index contributed by atoms with van der Waals surface area (Å²) in [7, 11) is 0. The summed E-state index contributed by atoms with van der Waals surface area (Å²) in [6.45, 7) is 5.86. The Labute approximate surface area is 252 Å². The molecule has 0 amide bonds. The van der Waals surface area contributed by atoms with Crippen LogP contribution in [0.5, 0.6) is 11.5 Å². The Bertz CT molecular complexity index is 1450. The Morgan fingerprint density at radius 1 is 1.13 bits per heavy atom. The molecule has 0 N–H and O–H groups in total. The van der Waals surface area contributed by atoms with Gasteiger partial charge in [-0.2, -0.15) is 9.78 Å². The Hall–Kier alpha value is -2.24. The first-order valence-electron chi connectivity index (χ1n) is 13.0. The number of hydrogen-bond acceptors (Lipinski definition) is 7. The Morgan fingerprint density at radius 2 is 1.87 bits per heavy atom. The summed E-state index contributed by atoms with van der Waals surface area (Å²) in [5.74, 6) is 1.14. The molecule has 1 atom stereocenters. The standard InChI is InChI=1S/C28H30Br3N3O5/c1-4-37-22-13-18(23(30)24(31)25(22)39-16(3)28(36)38-5-2)15-32-34-26(17-9-7-6-8-10-17)33-21-12-11-19(29)14-20(21)27(34)35/h11-17H,4-10H2,1-3H3/t16-/m1/s1. The minimum atomic E-state index is -0.841. The van der Waals surface area contributed by atoms with Crippen molar-refractivity contribution in [1.29, 1.82) is 0 Å². The van der Waals surface area contributed by atoms with Crippen molar-refractivity contribution in [2.45, 2.75) is 64.9 Å². The van der Waals surface area contributed by atoms with Crippen molar-refractivity contribution >= 4 is 70.9 Å². The molecule has 208 valence electrons. The second kappa shape index (κ2) is 13.4. The molecular formula is C28H30Br3N3O5. The van der Waals surface area contributed by atoms with Gasteiger partial charge in [0.15, 0.2) is 17.6 Å². The SMILES string of the molecule is CCOC(=O)[C@@H](C)Oc1c(OCC)cc(C=Nn2c(C3CCCCC3)nc3ccc(Br)cc3c2=O)c(Br)c1Br. The van der Waals surface area contributed by atoms with Gasteiger partial charge in [0, 0.05) is 20.4 Å². The first-order chi connectivity index (χ1) is 18.7. The Kier molecular flexibility index (Phi) is 10.2. The van der Waals surface area contributed by atoms with Gasteiger partial charge in [-0.05, 0) is 89.7 Å². The molecule has 1 saturated carbocycles. The summed E-state index contributed by atoms with van der Waals surface area (Å²) in [6.07, 6.45) is 6.10. The summed E-state index contributed by atoms with van der Waals surface area (Å²) >= 11 is 10.6. The smallest absolute Gasteiger partial charge is 0.347 e. The first-order valence-corrected chi connectivity index (χ1v) is 15.4. The highest BCUT2D eigenvalue weighted by Gasteiger charge is 2.25. The van der Waals surface area contributed by atoms with E-state index in [2.05, 4.69) is 52.9 Å². The number of nitrogens with zero attached hydrogens (tertiary/aromatic N) is 3. The molecule has 0 saturated heterocycles. The predicted octanol–water partition coefficient (Wildman–Crippen LogP) is 7.34. The molecule has 0 radical (unpaired) electrons. The van der Waals surface area contributed by atoms with Crippen LogP contribution in [-0.2, 0) is 9.53 Å². The van der Waals surface area contributed by atoms with Gasteiger partial charge in [0.25, 0.3) is 5.56 Å². The fourth-order valence-corrected chi connectivity index (χ4v) is 5.85. The average Bonchev–Trinajstić information content (AvgIpc) is 2.93. The van der Waals surface area contributed by atoms with E-state index in [1.165, 1.54) is 11.1 Å². The number of carbonyl (C=O) groups is 1. The Morgan fingerprint density at radius 3 is 2.56 bits per heavy atom. The normalized spacial score (nSPS) is 15.0. The molecule has 3 aromatic rings. The molecule has 2 aromatic carbocycles. The van der Waals surface area contributed by atoms with Gasteiger partial charge in [-0.3, -0.25) is 4.79 Å². The maximum atomic E-state index is 13.7. The van der Waals surface area contributed by atoms with Crippen LogP contribution in [0, 0.1) is 0 Å². The molecule has 1 aliphatic carbocycles. The van der Waals surface area contributed by atoms with Crippen LogP contribution in [0.4, 0.5) is 0 Å². The lowest BCUT2D eigenvalue weighted by molar-refractivity contribution is -0.150.